The predicted molar refractivity (Wildman–Crippen MR) is 96.7 cm³/mol. The number of benzene rings is 1. The summed E-state index contributed by atoms with van der Waals surface area (Å²) in [6, 6.07) is 8.45. The molecule has 2 aromatic rings. The molecule has 0 radical (unpaired) electrons. The largest absolute Gasteiger partial charge is 0.497 e. The van der Waals surface area contributed by atoms with Gasteiger partial charge in [-0.15, -0.1) is 11.3 Å². The quantitative estimate of drug-likeness (QED) is 0.451. The molecule has 0 aliphatic carbocycles. The van der Waals surface area contributed by atoms with Crippen molar-refractivity contribution in [3.05, 3.63) is 46.5 Å². The van der Waals surface area contributed by atoms with E-state index < -0.39 is 5.78 Å². The monoisotopic (exact) mass is 355 g/mol. The third kappa shape index (κ3) is 4.31. The minimum absolute atomic E-state index is 0.0205. The highest BCUT2D eigenvalue weighted by Gasteiger charge is 2.16. The molecule has 0 N–H and O–H groups in total. The molecule has 0 saturated carbocycles. The number of nitriles is 1. The second-order valence-electron chi connectivity index (χ2n) is 5.05. The van der Waals surface area contributed by atoms with Crippen LogP contribution in [0.1, 0.15) is 29.9 Å². The fraction of sp³-hybridized carbons (Fsp3) is 0.222. The van der Waals surface area contributed by atoms with E-state index in [9.17, 15) is 14.9 Å². The SMILES string of the molecule is CCN(C(C)=O)c1nc(C=C(C#N)C(=O)c2ccc(OC)cc2)cs1. The normalized spacial score (nSPS) is 10.9. The van der Waals surface area contributed by atoms with Gasteiger partial charge in [0.2, 0.25) is 11.7 Å². The predicted octanol–water partition coefficient (Wildman–Crippen LogP) is 3.31. The summed E-state index contributed by atoms with van der Waals surface area (Å²) in [5, 5.41) is 11.6. The van der Waals surface area contributed by atoms with Gasteiger partial charge in [0.25, 0.3) is 0 Å². The minimum Gasteiger partial charge on any atom is -0.497 e. The molecule has 1 amide bonds. The lowest BCUT2D eigenvalue weighted by molar-refractivity contribution is -0.116. The van der Waals surface area contributed by atoms with Crippen molar-refractivity contribution in [3.63, 3.8) is 0 Å². The highest BCUT2D eigenvalue weighted by molar-refractivity contribution is 7.14. The van der Waals surface area contributed by atoms with Crippen molar-refractivity contribution in [2.75, 3.05) is 18.6 Å². The van der Waals surface area contributed by atoms with E-state index >= 15 is 0 Å². The summed E-state index contributed by atoms with van der Waals surface area (Å²) in [7, 11) is 1.54. The van der Waals surface area contributed by atoms with Crippen LogP contribution in [0.15, 0.2) is 35.2 Å². The highest BCUT2D eigenvalue weighted by atomic mass is 32.1. The fourth-order valence-electron chi connectivity index (χ4n) is 2.15. The van der Waals surface area contributed by atoms with E-state index in [-0.39, 0.29) is 11.5 Å². The molecule has 0 aliphatic heterocycles. The van der Waals surface area contributed by atoms with Gasteiger partial charge >= 0.3 is 0 Å². The van der Waals surface area contributed by atoms with Crippen LogP contribution in [-0.2, 0) is 4.79 Å². The number of Topliss-reactive ketones (excluding diaryl/α,β-unsaturated/α-hetero) is 1. The lowest BCUT2D eigenvalue weighted by atomic mass is 10.0. The Hall–Kier alpha value is -2.98. The van der Waals surface area contributed by atoms with Crippen molar-refractivity contribution in [1.82, 2.24) is 4.98 Å². The van der Waals surface area contributed by atoms with Gasteiger partial charge < -0.3 is 4.74 Å². The number of nitrogens with zero attached hydrogens (tertiary/aromatic N) is 3. The molecule has 0 bridgehead atoms. The lowest BCUT2D eigenvalue weighted by Crippen LogP contribution is -2.27. The number of carbonyl (C=O) groups is 2. The van der Waals surface area contributed by atoms with Crippen LogP contribution < -0.4 is 9.64 Å². The summed E-state index contributed by atoms with van der Waals surface area (Å²) in [6.07, 6.45) is 1.43. The average Bonchev–Trinajstić information content (AvgIpc) is 3.07. The van der Waals surface area contributed by atoms with Gasteiger partial charge in [0.1, 0.15) is 17.4 Å². The molecule has 0 aliphatic rings. The number of carbonyl (C=O) groups excluding carboxylic acids is 2. The van der Waals surface area contributed by atoms with Gasteiger partial charge in [0.15, 0.2) is 5.13 Å². The number of rotatable bonds is 6. The van der Waals surface area contributed by atoms with Gasteiger partial charge in [-0.3, -0.25) is 14.5 Å². The molecule has 2 rings (SSSR count). The highest BCUT2D eigenvalue weighted by Crippen LogP contribution is 2.23. The molecule has 1 aromatic carbocycles. The number of methoxy groups -OCH3 is 1. The van der Waals surface area contributed by atoms with E-state index in [4.69, 9.17) is 4.74 Å². The van der Waals surface area contributed by atoms with Gasteiger partial charge in [0, 0.05) is 24.4 Å². The summed E-state index contributed by atoms with van der Waals surface area (Å²) in [6.45, 7) is 3.82. The van der Waals surface area contributed by atoms with E-state index in [0.717, 1.165) is 0 Å². The lowest BCUT2D eigenvalue weighted by Gasteiger charge is -2.14. The number of thiazole rings is 1. The van der Waals surface area contributed by atoms with Gasteiger partial charge in [-0.1, -0.05) is 0 Å². The number of amides is 1. The first-order valence-corrected chi connectivity index (χ1v) is 8.42. The number of allylic oxidation sites excluding steroid dienone is 1. The molecule has 6 nitrogen and oxygen atoms in total. The number of ether oxygens (including phenoxy) is 1. The average molecular weight is 355 g/mol. The summed E-state index contributed by atoms with van der Waals surface area (Å²) >= 11 is 1.29. The van der Waals surface area contributed by atoms with Crippen LogP contribution in [-0.4, -0.2) is 30.3 Å². The Morgan fingerprint density at radius 1 is 1.36 bits per heavy atom. The molecule has 0 spiro atoms. The van der Waals surface area contributed by atoms with Crippen LogP contribution in [0.5, 0.6) is 5.75 Å². The Bertz CT molecular complexity index is 847. The summed E-state index contributed by atoms with van der Waals surface area (Å²) in [5.41, 5.74) is 0.842. The summed E-state index contributed by atoms with van der Waals surface area (Å²) < 4.78 is 5.05. The van der Waals surface area contributed by atoms with Crippen molar-refractivity contribution in [2.45, 2.75) is 13.8 Å². The van der Waals surface area contributed by atoms with Crippen molar-refractivity contribution in [2.24, 2.45) is 0 Å². The van der Waals surface area contributed by atoms with Crippen LogP contribution in [0.2, 0.25) is 0 Å². The van der Waals surface area contributed by atoms with Crippen LogP contribution >= 0.6 is 11.3 Å². The number of ketones is 1. The molecule has 1 heterocycles. The Kier molecular flexibility index (Phi) is 6.03. The standard InChI is InChI=1S/C18H17N3O3S/c1-4-21(12(2)22)18-20-15(11-25-18)9-14(10-19)17(23)13-5-7-16(24-3)8-6-13/h5-9,11H,4H2,1-3H3. The minimum atomic E-state index is -0.390. The number of aromatic nitrogens is 1. The Morgan fingerprint density at radius 3 is 2.56 bits per heavy atom. The molecule has 0 unspecified atom stereocenters. The molecular formula is C18H17N3O3S. The number of anilines is 1. The van der Waals surface area contributed by atoms with Gasteiger partial charge in [-0.25, -0.2) is 4.98 Å². The van der Waals surface area contributed by atoms with Crippen LogP contribution in [0, 0.1) is 11.3 Å². The maximum Gasteiger partial charge on any atom is 0.225 e. The van der Waals surface area contributed by atoms with E-state index in [1.807, 2.05) is 13.0 Å². The Morgan fingerprint density at radius 2 is 2.04 bits per heavy atom. The molecule has 25 heavy (non-hydrogen) atoms. The molecule has 1 aromatic heterocycles. The van der Waals surface area contributed by atoms with Crippen LogP contribution in [0.4, 0.5) is 5.13 Å². The van der Waals surface area contributed by atoms with Crippen molar-refractivity contribution >= 4 is 34.2 Å². The molecule has 0 atom stereocenters. The zero-order chi connectivity index (χ0) is 18.4. The van der Waals surface area contributed by atoms with E-state index in [2.05, 4.69) is 4.98 Å². The van der Waals surface area contributed by atoms with E-state index in [1.165, 1.54) is 36.3 Å². The Labute approximate surface area is 150 Å². The summed E-state index contributed by atoms with van der Waals surface area (Å²) in [5.74, 6) is 0.132. The third-order valence-corrected chi connectivity index (χ3v) is 4.33. The van der Waals surface area contributed by atoms with Crippen molar-refractivity contribution in [3.8, 4) is 11.8 Å². The van der Waals surface area contributed by atoms with Crippen molar-refractivity contribution < 1.29 is 14.3 Å². The Balaban J connectivity index is 2.28. The molecule has 128 valence electrons. The van der Waals surface area contributed by atoms with Crippen LogP contribution in [0.25, 0.3) is 6.08 Å². The molecule has 7 heteroatoms. The maximum atomic E-state index is 12.5. The third-order valence-electron chi connectivity index (χ3n) is 3.45. The van der Waals surface area contributed by atoms with E-state index in [1.54, 1.807) is 29.6 Å². The van der Waals surface area contributed by atoms with Gasteiger partial charge in [-0.2, -0.15) is 5.26 Å². The smallest absolute Gasteiger partial charge is 0.225 e. The molecule has 0 fully saturated rings. The van der Waals surface area contributed by atoms with Crippen molar-refractivity contribution in [1.29, 1.82) is 5.26 Å². The first kappa shape index (κ1) is 18.4. The fourth-order valence-corrected chi connectivity index (χ4v) is 3.04. The number of hydrogen-bond acceptors (Lipinski definition) is 6. The van der Waals surface area contributed by atoms with Crippen LogP contribution in [0.3, 0.4) is 0 Å². The second kappa shape index (κ2) is 8.22. The number of hydrogen-bond donors (Lipinski definition) is 0. The van der Waals surface area contributed by atoms with Gasteiger partial charge in [-0.05, 0) is 37.3 Å². The van der Waals surface area contributed by atoms with E-state index in [0.29, 0.717) is 28.7 Å². The summed E-state index contributed by atoms with van der Waals surface area (Å²) in [4.78, 5) is 29.9. The molecular weight excluding hydrogens is 338 g/mol. The molecule has 0 saturated heterocycles. The second-order valence-corrected chi connectivity index (χ2v) is 5.88. The van der Waals surface area contributed by atoms with Gasteiger partial charge in [0.05, 0.1) is 12.8 Å². The topological polar surface area (TPSA) is 83.3 Å². The zero-order valence-electron chi connectivity index (χ0n) is 14.1. The zero-order valence-corrected chi connectivity index (χ0v) is 15.0. The maximum absolute atomic E-state index is 12.5. The first-order valence-electron chi connectivity index (χ1n) is 7.54. The first-order chi connectivity index (χ1) is 12.0.